The van der Waals surface area contributed by atoms with Crippen LogP contribution in [0.3, 0.4) is 0 Å². The second-order valence-electron chi connectivity index (χ2n) is 6.11. The number of alkyl halides is 1. The van der Waals surface area contributed by atoms with Gasteiger partial charge in [0.2, 0.25) is 0 Å². The molecule has 0 saturated heterocycles. The summed E-state index contributed by atoms with van der Waals surface area (Å²) >= 11 is 5.96. The number of fused-ring (bicyclic) bond motifs is 1. The molecular formula is C19H27Cl2NO3. The van der Waals surface area contributed by atoms with Gasteiger partial charge in [-0.3, -0.25) is 0 Å². The predicted molar refractivity (Wildman–Crippen MR) is 106 cm³/mol. The molecule has 2 rings (SSSR count). The van der Waals surface area contributed by atoms with Crippen LogP contribution in [0.2, 0.25) is 0 Å². The van der Waals surface area contributed by atoms with Crippen molar-refractivity contribution in [2.45, 2.75) is 32.1 Å². The summed E-state index contributed by atoms with van der Waals surface area (Å²) in [5, 5.41) is 15.3. The summed E-state index contributed by atoms with van der Waals surface area (Å²) in [5.41, 5.74) is 0. The van der Waals surface area contributed by atoms with E-state index < -0.39 is 6.10 Å². The van der Waals surface area contributed by atoms with Crippen molar-refractivity contribution in [1.82, 2.24) is 5.32 Å². The summed E-state index contributed by atoms with van der Waals surface area (Å²) in [4.78, 5) is 0. The predicted octanol–water partition coefficient (Wildman–Crippen LogP) is 3.62. The molecule has 0 aliphatic carbocycles. The van der Waals surface area contributed by atoms with Gasteiger partial charge in [-0.05, 0) is 11.5 Å². The van der Waals surface area contributed by atoms with Crippen LogP contribution in [0, 0.1) is 0 Å². The van der Waals surface area contributed by atoms with Gasteiger partial charge < -0.3 is 19.9 Å². The number of halogens is 2. The zero-order chi connectivity index (χ0) is 17.4. The summed E-state index contributed by atoms with van der Waals surface area (Å²) < 4.78 is 11.6. The van der Waals surface area contributed by atoms with Crippen LogP contribution in [0.5, 0.6) is 5.75 Å². The Balaban J connectivity index is 0.00000312. The highest BCUT2D eigenvalue weighted by molar-refractivity contribution is 6.18. The molecule has 2 atom stereocenters. The van der Waals surface area contributed by atoms with Crippen molar-refractivity contribution < 1.29 is 14.6 Å². The van der Waals surface area contributed by atoms with Crippen LogP contribution in [-0.2, 0) is 4.74 Å². The lowest BCUT2D eigenvalue weighted by Crippen LogP contribution is -2.36. The number of hydrogen-bond acceptors (Lipinski definition) is 4. The van der Waals surface area contributed by atoms with Gasteiger partial charge in [-0.1, -0.05) is 50.2 Å². The van der Waals surface area contributed by atoms with Crippen LogP contribution < -0.4 is 10.1 Å². The molecule has 0 heterocycles. The zero-order valence-corrected chi connectivity index (χ0v) is 16.2. The molecule has 2 aromatic rings. The maximum Gasteiger partial charge on any atom is 0.127 e. The highest BCUT2D eigenvalue weighted by atomic mass is 35.5. The SMILES string of the molecule is CC(C)NCC(O)COC(CCl)COc1cccc2ccccc12.Cl. The first-order valence-corrected chi connectivity index (χ1v) is 8.83. The average Bonchev–Trinajstić information content (AvgIpc) is 2.60. The Morgan fingerprint density at radius 2 is 1.80 bits per heavy atom. The molecule has 140 valence electrons. The monoisotopic (exact) mass is 387 g/mol. The van der Waals surface area contributed by atoms with Crippen LogP contribution >= 0.6 is 24.0 Å². The number of aliphatic hydroxyl groups excluding tert-OH is 1. The quantitative estimate of drug-likeness (QED) is 0.611. The number of nitrogens with one attached hydrogen (secondary N) is 1. The van der Waals surface area contributed by atoms with Gasteiger partial charge in [0.15, 0.2) is 0 Å². The number of rotatable bonds is 10. The lowest BCUT2D eigenvalue weighted by molar-refractivity contribution is -0.0170. The van der Waals surface area contributed by atoms with E-state index in [2.05, 4.69) is 17.4 Å². The summed E-state index contributed by atoms with van der Waals surface area (Å²) in [6.07, 6.45) is -0.824. The van der Waals surface area contributed by atoms with Crippen LogP contribution in [0.4, 0.5) is 0 Å². The van der Waals surface area contributed by atoms with E-state index in [-0.39, 0.29) is 25.1 Å². The first-order valence-electron chi connectivity index (χ1n) is 8.29. The molecule has 0 amide bonds. The molecule has 0 aliphatic rings. The van der Waals surface area contributed by atoms with Gasteiger partial charge in [0.1, 0.15) is 18.5 Å². The maximum absolute atomic E-state index is 9.90. The van der Waals surface area contributed by atoms with Gasteiger partial charge >= 0.3 is 0 Å². The molecule has 0 saturated carbocycles. The molecule has 0 bridgehead atoms. The van der Waals surface area contributed by atoms with Crippen molar-refractivity contribution in [1.29, 1.82) is 0 Å². The second kappa shape index (κ2) is 11.6. The minimum Gasteiger partial charge on any atom is -0.490 e. The molecule has 0 aliphatic heterocycles. The molecule has 6 heteroatoms. The van der Waals surface area contributed by atoms with E-state index in [1.165, 1.54) is 0 Å². The van der Waals surface area contributed by atoms with E-state index in [4.69, 9.17) is 21.1 Å². The second-order valence-corrected chi connectivity index (χ2v) is 6.42. The average molecular weight is 388 g/mol. The van der Waals surface area contributed by atoms with Crippen LogP contribution in [-0.4, -0.2) is 49.0 Å². The lowest BCUT2D eigenvalue weighted by atomic mass is 10.1. The molecule has 0 spiro atoms. The van der Waals surface area contributed by atoms with Gasteiger partial charge in [0.05, 0.1) is 18.6 Å². The topological polar surface area (TPSA) is 50.7 Å². The van der Waals surface area contributed by atoms with Crippen LogP contribution in [0.1, 0.15) is 13.8 Å². The molecule has 2 N–H and O–H groups in total. The third-order valence-electron chi connectivity index (χ3n) is 3.63. The van der Waals surface area contributed by atoms with E-state index in [9.17, 15) is 5.11 Å². The lowest BCUT2D eigenvalue weighted by Gasteiger charge is -2.20. The van der Waals surface area contributed by atoms with Gasteiger partial charge in [0, 0.05) is 18.0 Å². The fraction of sp³-hybridized carbons (Fsp3) is 0.474. The molecule has 4 nitrogen and oxygen atoms in total. The first kappa shape index (κ1) is 22.0. The fourth-order valence-corrected chi connectivity index (χ4v) is 2.50. The van der Waals surface area contributed by atoms with Gasteiger partial charge in [-0.2, -0.15) is 0 Å². The van der Waals surface area contributed by atoms with Crippen LogP contribution in [0.15, 0.2) is 42.5 Å². The largest absolute Gasteiger partial charge is 0.490 e. The van der Waals surface area contributed by atoms with Crippen molar-refractivity contribution in [2.24, 2.45) is 0 Å². The number of benzene rings is 2. The maximum atomic E-state index is 9.90. The van der Waals surface area contributed by atoms with E-state index in [0.29, 0.717) is 25.1 Å². The minimum absolute atomic E-state index is 0. The summed E-state index contributed by atoms with van der Waals surface area (Å²) in [6, 6.07) is 14.4. The van der Waals surface area contributed by atoms with Gasteiger partial charge in [-0.25, -0.2) is 0 Å². The highest BCUT2D eigenvalue weighted by Crippen LogP contribution is 2.25. The third kappa shape index (κ3) is 7.38. The molecule has 2 aromatic carbocycles. The van der Waals surface area contributed by atoms with E-state index in [0.717, 1.165) is 16.5 Å². The Hall–Kier alpha value is -1.04. The Morgan fingerprint density at radius 1 is 1.08 bits per heavy atom. The van der Waals surface area contributed by atoms with Crippen molar-refractivity contribution in [3.63, 3.8) is 0 Å². The third-order valence-corrected chi connectivity index (χ3v) is 3.98. The Kier molecular flexibility index (Phi) is 10.2. The number of aliphatic hydroxyl groups is 1. The molecular weight excluding hydrogens is 361 g/mol. The van der Waals surface area contributed by atoms with Crippen molar-refractivity contribution >= 4 is 34.8 Å². The number of hydrogen-bond donors (Lipinski definition) is 2. The number of ether oxygens (including phenoxy) is 2. The minimum atomic E-state index is -0.560. The summed E-state index contributed by atoms with van der Waals surface area (Å²) in [5.74, 6) is 1.13. The highest BCUT2D eigenvalue weighted by Gasteiger charge is 2.13. The fourth-order valence-electron chi connectivity index (χ4n) is 2.32. The molecule has 2 unspecified atom stereocenters. The molecule has 0 radical (unpaired) electrons. The Morgan fingerprint density at radius 3 is 2.52 bits per heavy atom. The van der Waals surface area contributed by atoms with Crippen molar-refractivity contribution in [2.75, 3.05) is 25.6 Å². The normalized spacial score (nSPS) is 13.5. The van der Waals surface area contributed by atoms with Gasteiger partial charge in [-0.15, -0.1) is 24.0 Å². The molecule has 0 aromatic heterocycles. The van der Waals surface area contributed by atoms with E-state index >= 15 is 0 Å². The van der Waals surface area contributed by atoms with Crippen molar-refractivity contribution in [3.8, 4) is 5.75 Å². The Bertz CT molecular complexity index is 619. The van der Waals surface area contributed by atoms with Gasteiger partial charge in [0.25, 0.3) is 0 Å². The summed E-state index contributed by atoms with van der Waals surface area (Å²) in [7, 11) is 0. The zero-order valence-electron chi connectivity index (χ0n) is 14.7. The van der Waals surface area contributed by atoms with E-state index in [1.807, 2.05) is 44.2 Å². The Labute approximate surface area is 160 Å². The van der Waals surface area contributed by atoms with E-state index in [1.54, 1.807) is 0 Å². The molecule has 25 heavy (non-hydrogen) atoms. The first-order chi connectivity index (χ1) is 11.6. The standard InChI is InChI=1S/C19H26ClNO3.ClH/c1-14(2)21-11-16(22)12-23-17(10-20)13-24-19-9-5-7-15-6-3-4-8-18(15)19;/h3-9,14,16-17,21-22H,10-13H2,1-2H3;1H. The van der Waals surface area contributed by atoms with Crippen LogP contribution in [0.25, 0.3) is 10.8 Å². The summed E-state index contributed by atoms with van der Waals surface area (Å²) in [6.45, 7) is 5.15. The smallest absolute Gasteiger partial charge is 0.127 e. The van der Waals surface area contributed by atoms with Crippen molar-refractivity contribution in [3.05, 3.63) is 42.5 Å². The molecule has 0 fully saturated rings.